The molecule has 0 saturated heterocycles. The summed E-state index contributed by atoms with van der Waals surface area (Å²) in [4.78, 5) is 15.7. The summed E-state index contributed by atoms with van der Waals surface area (Å²) >= 11 is 5.77. The molecule has 1 heterocycles. The van der Waals surface area contributed by atoms with Crippen LogP contribution in [0.4, 0.5) is 0 Å². The highest BCUT2D eigenvalue weighted by Crippen LogP contribution is 2.21. The van der Waals surface area contributed by atoms with Crippen LogP contribution in [-0.2, 0) is 11.3 Å². The van der Waals surface area contributed by atoms with Crippen LogP contribution in [0.25, 0.3) is 0 Å². The zero-order chi connectivity index (χ0) is 13.1. The molecule has 1 aromatic heterocycles. The summed E-state index contributed by atoms with van der Waals surface area (Å²) in [5, 5.41) is 2.46. The summed E-state index contributed by atoms with van der Waals surface area (Å²) in [5.41, 5.74) is -0.0360. The van der Waals surface area contributed by atoms with Crippen LogP contribution < -0.4 is 5.32 Å². The fourth-order valence-electron chi connectivity index (χ4n) is 1.43. The van der Waals surface area contributed by atoms with E-state index in [9.17, 15) is 4.79 Å². The van der Waals surface area contributed by atoms with E-state index >= 15 is 0 Å². The highest BCUT2D eigenvalue weighted by atomic mass is 35.5. The first-order chi connectivity index (χ1) is 7.80. The molecule has 0 fully saturated rings. The van der Waals surface area contributed by atoms with E-state index < -0.39 is 5.38 Å². The summed E-state index contributed by atoms with van der Waals surface area (Å²) in [6.45, 7) is 8.64. The number of imidazole rings is 1. The lowest BCUT2D eigenvalue weighted by Gasteiger charge is -2.32. The van der Waals surface area contributed by atoms with Crippen LogP contribution >= 0.6 is 11.6 Å². The van der Waals surface area contributed by atoms with Crippen molar-refractivity contribution >= 4 is 17.5 Å². The van der Waals surface area contributed by atoms with Crippen molar-refractivity contribution in [3.8, 4) is 0 Å². The summed E-state index contributed by atoms with van der Waals surface area (Å²) in [5.74, 6) is -0.133. The van der Waals surface area contributed by atoms with E-state index in [0.29, 0.717) is 6.54 Å². The average Bonchev–Trinajstić information content (AvgIpc) is 2.67. The molecule has 0 aromatic carbocycles. The van der Waals surface area contributed by atoms with E-state index in [4.69, 9.17) is 11.6 Å². The lowest BCUT2D eigenvalue weighted by molar-refractivity contribution is -0.122. The van der Waals surface area contributed by atoms with Gasteiger partial charge >= 0.3 is 0 Å². The quantitative estimate of drug-likeness (QED) is 0.839. The smallest absolute Gasteiger partial charge is 0.238 e. The van der Waals surface area contributed by atoms with Gasteiger partial charge in [-0.25, -0.2) is 4.98 Å². The van der Waals surface area contributed by atoms with Crippen molar-refractivity contribution in [2.75, 3.05) is 0 Å². The third-order valence-corrected chi connectivity index (χ3v) is 2.87. The minimum Gasteiger partial charge on any atom is -0.350 e. The molecule has 96 valence electrons. The molecule has 2 unspecified atom stereocenters. The van der Waals surface area contributed by atoms with Crippen molar-refractivity contribution in [2.45, 2.75) is 45.7 Å². The number of hydrogen-bond acceptors (Lipinski definition) is 2. The third kappa shape index (κ3) is 4.38. The van der Waals surface area contributed by atoms with E-state index in [1.807, 2.05) is 10.8 Å². The molecule has 1 amide bonds. The summed E-state index contributed by atoms with van der Waals surface area (Å²) in [6, 6.07) is 0.0189. The maximum absolute atomic E-state index is 11.7. The number of amides is 1. The summed E-state index contributed by atoms with van der Waals surface area (Å²) in [6.07, 6.45) is 5.36. The van der Waals surface area contributed by atoms with E-state index in [0.717, 1.165) is 0 Å². The lowest BCUT2D eigenvalue weighted by atomic mass is 9.86. The molecule has 0 bridgehead atoms. The van der Waals surface area contributed by atoms with Gasteiger partial charge in [-0.15, -0.1) is 11.6 Å². The van der Waals surface area contributed by atoms with Gasteiger partial charge in [0.2, 0.25) is 5.91 Å². The molecule has 0 radical (unpaired) electrons. The molecular weight excluding hydrogens is 238 g/mol. The van der Waals surface area contributed by atoms with E-state index in [2.05, 4.69) is 31.1 Å². The zero-order valence-corrected chi connectivity index (χ0v) is 11.5. The van der Waals surface area contributed by atoms with Gasteiger partial charge in [0.1, 0.15) is 5.38 Å². The first kappa shape index (κ1) is 14.0. The van der Waals surface area contributed by atoms with Crippen molar-refractivity contribution in [2.24, 2.45) is 5.41 Å². The van der Waals surface area contributed by atoms with Crippen LogP contribution in [0.3, 0.4) is 0 Å². The third-order valence-electron chi connectivity index (χ3n) is 2.68. The minimum absolute atomic E-state index is 0.0189. The highest BCUT2D eigenvalue weighted by molar-refractivity contribution is 6.30. The SMILES string of the molecule is CC(Cl)C(=O)NC(Cn1ccnc1)C(C)(C)C. The molecule has 1 N–H and O–H groups in total. The van der Waals surface area contributed by atoms with E-state index in [1.54, 1.807) is 19.4 Å². The second-order valence-electron chi connectivity index (χ2n) is 5.30. The van der Waals surface area contributed by atoms with Gasteiger partial charge in [0.25, 0.3) is 0 Å². The monoisotopic (exact) mass is 257 g/mol. The van der Waals surface area contributed by atoms with Crippen LogP contribution in [0.2, 0.25) is 0 Å². The predicted molar refractivity (Wildman–Crippen MR) is 68.9 cm³/mol. The number of nitrogens with zero attached hydrogens (tertiary/aromatic N) is 2. The number of rotatable bonds is 4. The van der Waals surface area contributed by atoms with Crippen LogP contribution in [-0.4, -0.2) is 26.9 Å². The molecule has 0 aliphatic heterocycles. The number of carbonyl (C=O) groups is 1. The second-order valence-corrected chi connectivity index (χ2v) is 5.96. The Morgan fingerprint density at radius 2 is 2.18 bits per heavy atom. The van der Waals surface area contributed by atoms with Crippen molar-refractivity contribution in [3.05, 3.63) is 18.7 Å². The van der Waals surface area contributed by atoms with Gasteiger partial charge in [0.15, 0.2) is 0 Å². The molecule has 1 aromatic rings. The Balaban J connectivity index is 2.72. The second kappa shape index (κ2) is 5.54. The maximum Gasteiger partial charge on any atom is 0.238 e. The average molecular weight is 258 g/mol. The number of carbonyl (C=O) groups excluding carboxylic acids is 1. The minimum atomic E-state index is -0.511. The van der Waals surface area contributed by atoms with Crippen LogP contribution in [0, 0.1) is 5.41 Å². The van der Waals surface area contributed by atoms with Gasteiger partial charge in [0.05, 0.1) is 12.4 Å². The van der Waals surface area contributed by atoms with Gasteiger partial charge in [-0.05, 0) is 12.3 Å². The first-order valence-corrected chi connectivity index (χ1v) is 6.14. The van der Waals surface area contributed by atoms with E-state index in [1.165, 1.54) is 0 Å². The van der Waals surface area contributed by atoms with Crippen molar-refractivity contribution in [3.63, 3.8) is 0 Å². The molecule has 2 atom stereocenters. The number of hydrogen-bond donors (Lipinski definition) is 1. The van der Waals surface area contributed by atoms with Crippen LogP contribution in [0.5, 0.6) is 0 Å². The standard InChI is InChI=1S/C12H20ClN3O/c1-9(13)11(17)15-10(12(2,3)4)7-16-6-5-14-8-16/h5-6,8-10H,7H2,1-4H3,(H,15,17). The van der Waals surface area contributed by atoms with Gasteiger partial charge in [0, 0.05) is 18.9 Å². The Morgan fingerprint density at radius 1 is 1.53 bits per heavy atom. The predicted octanol–water partition coefficient (Wildman–Crippen LogP) is 2.04. The molecular formula is C12H20ClN3O. The molecule has 5 heteroatoms. The van der Waals surface area contributed by atoms with Crippen LogP contribution in [0.1, 0.15) is 27.7 Å². The number of halogens is 1. The van der Waals surface area contributed by atoms with Crippen molar-refractivity contribution < 1.29 is 4.79 Å². The Bertz CT molecular complexity index is 354. The molecule has 0 spiro atoms. The topological polar surface area (TPSA) is 46.9 Å². The fourth-order valence-corrected chi connectivity index (χ4v) is 1.49. The molecule has 0 aliphatic rings. The Morgan fingerprint density at radius 3 is 2.59 bits per heavy atom. The largest absolute Gasteiger partial charge is 0.350 e. The van der Waals surface area contributed by atoms with Gasteiger partial charge < -0.3 is 9.88 Å². The van der Waals surface area contributed by atoms with Gasteiger partial charge in [-0.1, -0.05) is 20.8 Å². The zero-order valence-electron chi connectivity index (χ0n) is 10.8. The van der Waals surface area contributed by atoms with Crippen molar-refractivity contribution in [1.29, 1.82) is 0 Å². The lowest BCUT2D eigenvalue weighted by Crippen LogP contribution is -2.48. The molecule has 0 saturated carbocycles. The Labute approximate surface area is 107 Å². The normalized spacial score (nSPS) is 15.4. The Kier molecular flexibility index (Phi) is 4.57. The number of aromatic nitrogens is 2. The highest BCUT2D eigenvalue weighted by Gasteiger charge is 2.27. The molecule has 4 nitrogen and oxygen atoms in total. The van der Waals surface area contributed by atoms with E-state index in [-0.39, 0.29) is 17.4 Å². The van der Waals surface area contributed by atoms with Crippen molar-refractivity contribution in [1.82, 2.24) is 14.9 Å². The fraction of sp³-hybridized carbons (Fsp3) is 0.667. The number of alkyl halides is 1. The van der Waals surface area contributed by atoms with Gasteiger partial charge in [-0.3, -0.25) is 4.79 Å². The maximum atomic E-state index is 11.7. The number of nitrogens with one attached hydrogen (secondary N) is 1. The molecule has 0 aliphatic carbocycles. The first-order valence-electron chi connectivity index (χ1n) is 5.71. The Hall–Kier alpha value is -1.03. The summed E-state index contributed by atoms with van der Waals surface area (Å²) < 4.78 is 1.95. The molecule has 17 heavy (non-hydrogen) atoms. The molecule has 1 rings (SSSR count). The van der Waals surface area contributed by atoms with Crippen LogP contribution in [0.15, 0.2) is 18.7 Å². The van der Waals surface area contributed by atoms with Gasteiger partial charge in [-0.2, -0.15) is 0 Å². The summed E-state index contributed by atoms with van der Waals surface area (Å²) in [7, 11) is 0.